The third kappa shape index (κ3) is 1.09. The highest BCUT2D eigenvalue weighted by atomic mass is 15.2. The Morgan fingerprint density at radius 2 is 2.33 bits per heavy atom. The third-order valence-electron chi connectivity index (χ3n) is 2.45. The molecular weight excluding hydrogens is 146 g/mol. The normalized spacial score (nSPS) is 16.6. The van der Waals surface area contributed by atoms with Crippen LogP contribution in [0.4, 0.5) is 5.69 Å². The molecule has 0 N–H and O–H groups in total. The standard InChI is InChI=1S/C11H15N/c1-9(2)12-8-7-10-5-3-4-6-11(10)12/h3-6,9H,7-8H2,1-2H3/i6T. The Kier molecular flexibility index (Phi) is 1.53. The molecule has 1 aliphatic rings. The van der Waals surface area contributed by atoms with Gasteiger partial charge in [0, 0.05) is 18.3 Å². The second kappa shape index (κ2) is 2.81. The average Bonchev–Trinajstić information content (AvgIpc) is 2.49. The van der Waals surface area contributed by atoms with E-state index in [-0.39, 0.29) is 0 Å². The van der Waals surface area contributed by atoms with Crippen LogP contribution in [-0.2, 0) is 6.42 Å². The molecule has 1 heteroatoms. The van der Waals surface area contributed by atoms with E-state index in [2.05, 4.69) is 24.8 Å². The van der Waals surface area contributed by atoms with Crippen molar-refractivity contribution in [3.8, 4) is 0 Å². The molecule has 1 heterocycles. The highest BCUT2D eigenvalue weighted by Crippen LogP contribution is 2.28. The molecule has 64 valence electrons. The molecule has 0 spiro atoms. The van der Waals surface area contributed by atoms with Crippen molar-refractivity contribution in [3.63, 3.8) is 0 Å². The van der Waals surface area contributed by atoms with Crippen LogP contribution in [0.5, 0.6) is 0 Å². The van der Waals surface area contributed by atoms with E-state index in [9.17, 15) is 0 Å². The van der Waals surface area contributed by atoms with Crippen LogP contribution in [0.3, 0.4) is 0 Å². The van der Waals surface area contributed by atoms with Crippen LogP contribution in [0.15, 0.2) is 24.2 Å². The maximum Gasteiger partial charge on any atom is 0.0645 e. The van der Waals surface area contributed by atoms with E-state index in [4.69, 9.17) is 1.37 Å². The zero-order valence-electron chi connectivity index (χ0n) is 8.67. The smallest absolute Gasteiger partial charge is 0.0645 e. The van der Waals surface area contributed by atoms with Crippen molar-refractivity contribution < 1.29 is 1.37 Å². The maximum absolute atomic E-state index is 7.83. The van der Waals surface area contributed by atoms with E-state index in [1.807, 2.05) is 12.1 Å². The lowest BCUT2D eigenvalue weighted by atomic mass is 10.2. The lowest BCUT2D eigenvalue weighted by molar-refractivity contribution is 0.710. The van der Waals surface area contributed by atoms with Crippen molar-refractivity contribution in [2.75, 3.05) is 11.4 Å². The molecule has 0 bridgehead atoms. The molecule has 1 nitrogen and oxygen atoms in total. The Morgan fingerprint density at radius 3 is 3.08 bits per heavy atom. The summed E-state index contributed by atoms with van der Waals surface area (Å²) in [7, 11) is 0. The highest BCUT2D eigenvalue weighted by Gasteiger charge is 2.19. The number of benzene rings is 1. The summed E-state index contributed by atoms with van der Waals surface area (Å²) in [6.45, 7) is 5.44. The van der Waals surface area contributed by atoms with E-state index >= 15 is 0 Å². The molecule has 2 rings (SSSR count). The molecule has 1 aromatic carbocycles. The molecule has 0 aromatic heterocycles. The fourth-order valence-corrected chi connectivity index (χ4v) is 1.80. The molecular formula is C11H15N. The Labute approximate surface area is 75.4 Å². The summed E-state index contributed by atoms with van der Waals surface area (Å²) in [6, 6.07) is 7.16. The number of para-hydroxylation sites is 1. The summed E-state index contributed by atoms with van der Waals surface area (Å²) >= 11 is 0. The molecule has 0 saturated carbocycles. The predicted molar refractivity (Wildman–Crippen MR) is 52.6 cm³/mol. The van der Waals surface area contributed by atoms with E-state index in [0.29, 0.717) is 12.1 Å². The SMILES string of the molecule is [3H]c1cccc2c1N(C(C)C)CC2. The van der Waals surface area contributed by atoms with E-state index < -0.39 is 0 Å². The quantitative estimate of drug-likeness (QED) is 0.614. The number of fused-ring (bicyclic) bond motifs is 1. The molecule has 0 saturated heterocycles. The van der Waals surface area contributed by atoms with Crippen LogP contribution < -0.4 is 4.90 Å². The van der Waals surface area contributed by atoms with Crippen molar-refractivity contribution in [1.82, 2.24) is 0 Å². The van der Waals surface area contributed by atoms with Crippen LogP contribution in [0.2, 0.25) is 0 Å². The van der Waals surface area contributed by atoms with Gasteiger partial charge in [-0.15, -0.1) is 0 Å². The second-order valence-electron chi connectivity index (χ2n) is 3.58. The van der Waals surface area contributed by atoms with Crippen LogP contribution in [0.1, 0.15) is 20.8 Å². The lowest BCUT2D eigenvalue weighted by Gasteiger charge is -2.23. The van der Waals surface area contributed by atoms with Gasteiger partial charge in [0.15, 0.2) is 0 Å². The first-order chi connectivity index (χ1) is 6.20. The summed E-state index contributed by atoms with van der Waals surface area (Å²) < 4.78 is 7.83. The summed E-state index contributed by atoms with van der Waals surface area (Å²) in [5.41, 5.74) is 2.48. The van der Waals surface area contributed by atoms with Crippen molar-refractivity contribution in [1.29, 1.82) is 0 Å². The van der Waals surface area contributed by atoms with Gasteiger partial charge in [0.25, 0.3) is 0 Å². The molecule has 0 unspecified atom stereocenters. The molecule has 0 atom stereocenters. The van der Waals surface area contributed by atoms with Gasteiger partial charge in [0.05, 0.1) is 1.37 Å². The predicted octanol–water partition coefficient (Wildman–Crippen LogP) is 2.46. The summed E-state index contributed by atoms with van der Waals surface area (Å²) in [6.07, 6.45) is 1.10. The third-order valence-corrected chi connectivity index (χ3v) is 2.45. The Hall–Kier alpha value is -0.980. The van der Waals surface area contributed by atoms with Gasteiger partial charge in [-0.25, -0.2) is 0 Å². The number of nitrogens with zero attached hydrogens (tertiary/aromatic N) is 1. The van der Waals surface area contributed by atoms with Crippen LogP contribution in [0.25, 0.3) is 0 Å². The topological polar surface area (TPSA) is 3.24 Å². The van der Waals surface area contributed by atoms with E-state index in [0.717, 1.165) is 18.7 Å². The number of rotatable bonds is 1. The lowest BCUT2D eigenvalue weighted by Crippen LogP contribution is -2.28. The average molecular weight is 163 g/mol. The van der Waals surface area contributed by atoms with Gasteiger partial charge in [0.1, 0.15) is 0 Å². The van der Waals surface area contributed by atoms with Crippen molar-refractivity contribution in [3.05, 3.63) is 29.8 Å². The monoisotopic (exact) mass is 163 g/mol. The van der Waals surface area contributed by atoms with Gasteiger partial charge in [-0.1, -0.05) is 18.2 Å². The van der Waals surface area contributed by atoms with Crippen molar-refractivity contribution in [2.24, 2.45) is 0 Å². The summed E-state index contributed by atoms with van der Waals surface area (Å²) in [5, 5.41) is 0. The molecule has 0 fully saturated rings. The summed E-state index contributed by atoms with van der Waals surface area (Å²) in [5.74, 6) is 0. The molecule has 1 aliphatic heterocycles. The zero-order chi connectivity index (χ0) is 9.42. The van der Waals surface area contributed by atoms with E-state index in [1.54, 1.807) is 0 Å². The zero-order valence-corrected chi connectivity index (χ0v) is 7.67. The van der Waals surface area contributed by atoms with Gasteiger partial charge in [-0.3, -0.25) is 0 Å². The van der Waals surface area contributed by atoms with Gasteiger partial charge >= 0.3 is 0 Å². The van der Waals surface area contributed by atoms with Crippen molar-refractivity contribution in [2.45, 2.75) is 26.3 Å². The molecule has 0 aliphatic carbocycles. The van der Waals surface area contributed by atoms with Gasteiger partial charge in [-0.2, -0.15) is 0 Å². The highest BCUT2D eigenvalue weighted by molar-refractivity contribution is 5.58. The Bertz CT molecular complexity index is 320. The van der Waals surface area contributed by atoms with Crippen LogP contribution >= 0.6 is 0 Å². The maximum atomic E-state index is 7.83. The molecule has 1 aromatic rings. The van der Waals surface area contributed by atoms with Gasteiger partial charge < -0.3 is 4.90 Å². The first-order valence-corrected chi connectivity index (χ1v) is 4.55. The van der Waals surface area contributed by atoms with Crippen LogP contribution in [0, 0.1) is 0 Å². The molecule has 0 amide bonds. The van der Waals surface area contributed by atoms with E-state index in [1.165, 1.54) is 5.56 Å². The molecule has 12 heavy (non-hydrogen) atoms. The van der Waals surface area contributed by atoms with Gasteiger partial charge in [0.2, 0.25) is 0 Å². The molecule has 0 radical (unpaired) electrons. The number of hydrogen-bond acceptors (Lipinski definition) is 1. The first kappa shape index (κ1) is 6.53. The first-order valence-electron chi connectivity index (χ1n) is 5.05. The minimum atomic E-state index is 0.507. The fraction of sp³-hybridized carbons (Fsp3) is 0.455. The van der Waals surface area contributed by atoms with Gasteiger partial charge in [-0.05, 0) is 31.9 Å². The Balaban J connectivity index is 2.46. The van der Waals surface area contributed by atoms with Crippen molar-refractivity contribution >= 4 is 5.69 Å². The Morgan fingerprint density at radius 1 is 1.50 bits per heavy atom. The second-order valence-corrected chi connectivity index (χ2v) is 3.58. The van der Waals surface area contributed by atoms with Crippen LogP contribution in [-0.4, -0.2) is 12.6 Å². The number of anilines is 1. The number of hydrogen-bond donors (Lipinski definition) is 0. The largest absolute Gasteiger partial charge is 0.369 e. The minimum absolute atomic E-state index is 0.507. The fourth-order valence-electron chi connectivity index (χ4n) is 1.80. The summed E-state index contributed by atoms with van der Waals surface area (Å²) in [4.78, 5) is 2.32. The minimum Gasteiger partial charge on any atom is -0.369 e.